The molecule has 130 valence electrons. The molecular weight excluding hydrogens is 359 g/mol. The molecule has 0 aromatic heterocycles. The third-order valence-electron chi connectivity index (χ3n) is 3.11. The molecule has 0 saturated heterocycles. The first-order chi connectivity index (χ1) is 11.7. The van der Waals surface area contributed by atoms with Crippen LogP contribution >= 0.6 is 11.6 Å². The first-order valence-electron chi connectivity index (χ1n) is 6.96. The second-order valence-electron chi connectivity index (χ2n) is 4.96. The fourth-order valence-electron chi connectivity index (χ4n) is 1.85. The van der Waals surface area contributed by atoms with Crippen LogP contribution < -0.4 is 9.47 Å². The van der Waals surface area contributed by atoms with Gasteiger partial charge in [-0.15, -0.1) is 0 Å². The smallest absolute Gasteiger partial charge is 0.416 e. The first kappa shape index (κ1) is 18.6. The maximum Gasteiger partial charge on any atom is 0.416 e. The van der Waals surface area contributed by atoms with E-state index in [1.807, 2.05) is 0 Å². The van der Waals surface area contributed by atoms with Gasteiger partial charge in [0.25, 0.3) is 5.24 Å². The summed E-state index contributed by atoms with van der Waals surface area (Å²) < 4.78 is 48.7. The summed E-state index contributed by atoms with van der Waals surface area (Å²) in [4.78, 5) is 10.9. The molecule has 0 fully saturated rings. The summed E-state index contributed by atoms with van der Waals surface area (Å²) >= 11 is 5.30. The molecular formula is C17H11ClF3NO3. The molecule has 0 saturated carbocycles. The molecule has 4 nitrogen and oxygen atoms in total. The lowest BCUT2D eigenvalue weighted by Gasteiger charge is -2.13. The molecule has 0 N–H and O–H groups in total. The molecule has 8 heteroatoms. The summed E-state index contributed by atoms with van der Waals surface area (Å²) in [6.07, 6.45) is -5.37. The number of halogens is 4. The van der Waals surface area contributed by atoms with E-state index in [0.717, 1.165) is 18.2 Å². The van der Waals surface area contributed by atoms with Crippen LogP contribution in [0.2, 0.25) is 0 Å². The number of carbonyl (C=O) groups excluding carboxylic acids is 1. The van der Waals surface area contributed by atoms with Crippen LogP contribution in [0.1, 0.15) is 18.1 Å². The molecule has 0 amide bonds. The van der Waals surface area contributed by atoms with E-state index >= 15 is 0 Å². The molecule has 1 atom stereocenters. The van der Waals surface area contributed by atoms with Crippen molar-refractivity contribution in [3.63, 3.8) is 0 Å². The minimum absolute atomic E-state index is 0.00604. The minimum atomic E-state index is -4.54. The SMILES string of the molecule is CC(Oc1ccc(Oc2ccc(C(F)(F)F)cc2C#N)cc1)C(=O)Cl. The third-order valence-corrected chi connectivity index (χ3v) is 3.42. The Morgan fingerprint density at radius 1 is 1.16 bits per heavy atom. The number of hydrogen-bond acceptors (Lipinski definition) is 4. The molecule has 0 heterocycles. The van der Waals surface area contributed by atoms with Gasteiger partial charge in [0.1, 0.15) is 23.3 Å². The molecule has 2 aromatic rings. The number of nitrogens with zero attached hydrogens (tertiary/aromatic N) is 1. The van der Waals surface area contributed by atoms with Gasteiger partial charge in [0.05, 0.1) is 11.1 Å². The number of carbonyl (C=O) groups is 1. The topological polar surface area (TPSA) is 59.3 Å². The van der Waals surface area contributed by atoms with E-state index in [2.05, 4.69) is 0 Å². The van der Waals surface area contributed by atoms with Crippen molar-refractivity contribution in [2.45, 2.75) is 19.2 Å². The zero-order valence-corrected chi connectivity index (χ0v) is 13.6. The molecule has 0 spiro atoms. The van der Waals surface area contributed by atoms with Crippen LogP contribution in [0.4, 0.5) is 13.2 Å². The maximum atomic E-state index is 12.7. The molecule has 2 rings (SSSR count). The van der Waals surface area contributed by atoms with Crippen molar-refractivity contribution in [3.8, 4) is 23.3 Å². The quantitative estimate of drug-likeness (QED) is 0.703. The van der Waals surface area contributed by atoms with Gasteiger partial charge in [0.15, 0.2) is 6.10 Å². The third kappa shape index (κ3) is 4.88. The monoisotopic (exact) mass is 369 g/mol. The standard InChI is InChI=1S/C17H11ClF3NO3/c1-10(16(18)23)24-13-3-5-14(6-4-13)25-15-7-2-12(17(19,20)21)8-11(15)9-22/h2-8,10H,1H3. The van der Waals surface area contributed by atoms with Gasteiger partial charge in [-0.2, -0.15) is 18.4 Å². The predicted molar refractivity (Wildman–Crippen MR) is 83.6 cm³/mol. The van der Waals surface area contributed by atoms with E-state index in [9.17, 15) is 18.0 Å². The Hall–Kier alpha value is -2.72. The second kappa shape index (κ2) is 7.45. The normalized spacial score (nSPS) is 12.2. The largest absolute Gasteiger partial charge is 0.482 e. The lowest BCUT2D eigenvalue weighted by atomic mass is 10.1. The summed E-state index contributed by atoms with van der Waals surface area (Å²) in [5, 5.41) is 8.37. The van der Waals surface area contributed by atoms with Crippen molar-refractivity contribution in [1.29, 1.82) is 5.26 Å². The van der Waals surface area contributed by atoms with Crippen molar-refractivity contribution in [1.82, 2.24) is 0 Å². The molecule has 0 bridgehead atoms. The summed E-state index contributed by atoms with van der Waals surface area (Å²) in [5.41, 5.74) is -1.17. The summed E-state index contributed by atoms with van der Waals surface area (Å²) in [6.45, 7) is 1.49. The van der Waals surface area contributed by atoms with Gasteiger partial charge >= 0.3 is 6.18 Å². The highest BCUT2D eigenvalue weighted by Crippen LogP contribution is 2.34. The van der Waals surface area contributed by atoms with E-state index in [-0.39, 0.29) is 17.1 Å². The predicted octanol–water partition coefficient (Wildman–Crippen LogP) is 4.90. The van der Waals surface area contributed by atoms with Gasteiger partial charge in [-0.25, -0.2) is 0 Å². The molecule has 25 heavy (non-hydrogen) atoms. The number of hydrogen-bond donors (Lipinski definition) is 0. The van der Waals surface area contributed by atoms with Crippen molar-refractivity contribution in [2.75, 3.05) is 0 Å². The highest BCUT2D eigenvalue weighted by Gasteiger charge is 2.31. The van der Waals surface area contributed by atoms with E-state index in [1.54, 1.807) is 6.07 Å². The summed E-state index contributed by atoms with van der Waals surface area (Å²) in [7, 11) is 0. The Morgan fingerprint density at radius 2 is 1.76 bits per heavy atom. The van der Waals surface area contributed by atoms with Crippen LogP contribution in [0, 0.1) is 11.3 Å². The van der Waals surface area contributed by atoms with E-state index in [0.29, 0.717) is 5.75 Å². The second-order valence-corrected chi connectivity index (χ2v) is 5.33. The van der Waals surface area contributed by atoms with Gasteiger partial charge in [0.2, 0.25) is 0 Å². The van der Waals surface area contributed by atoms with Crippen molar-refractivity contribution in [2.24, 2.45) is 0 Å². The number of ether oxygens (including phenoxy) is 2. The number of benzene rings is 2. The highest BCUT2D eigenvalue weighted by molar-refractivity contribution is 6.64. The number of rotatable bonds is 5. The molecule has 1 unspecified atom stereocenters. The van der Waals surface area contributed by atoms with Crippen LogP contribution in [-0.2, 0) is 11.0 Å². The Morgan fingerprint density at radius 3 is 2.28 bits per heavy atom. The van der Waals surface area contributed by atoms with E-state index in [4.69, 9.17) is 26.3 Å². The zero-order valence-electron chi connectivity index (χ0n) is 12.8. The fourth-order valence-corrected chi connectivity index (χ4v) is 1.89. The Bertz CT molecular complexity index is 813. The van der Waals surface area contributed by atoms with E-state index < -0.39 is 23.1 Å². The summed E-state index contributed by atoms with van der Waals surface area (Å²) in [6, 6.07) is 10.3. The molecule has 2 aromatic carbocycles. The van der Waals surface area contributed by atoms with Crippen molar-refractivity contribution in [3.05, 3.63) is 53.6 Å². The molecule has 0 aliphatic carbocycles. The Labute approximate surface area is 146 Å². The van der Waals surface area contributed by atoms with Crippen LogP contribution in [-0.4, -0.2) is 11.3 Å². The van der Waals surface area contributed by atoms with Crippen molar-refractivity contribution < 1.29 is 27.4 Å². The Balaban J connectivity index is 2.17. The van der Waals surface area contributed by atoms with Gasteiger partial charge in [-0.1, -0.05) is 0 Å². The van der Waals surface area contributed by atoms with Gasteiger partial charge < -0.3 is 9.47 Å². The fraction of sp³-hybridized carbons (Fsp3) is 0.176. The number of nitriles is 1. The van der Waals surface area contributed by atoms with Crippen LogP contribution in [0.3, 0.4) is 0 Å². The van der Waals surface area contributed by atoms with Crippen molar-refractivity contribution >= 4 is 16.8 Å². The summed E-state index contributed by atoms with van der Waals surface area (Å²) in [5.74, 6) is 0.642. The lowest BCUT2D eigenvalue weighted by molar-refractivity contribution is -0.137. The molecule has 0 aliphatic rings. The maximum absolute atomic E-state index is 12.7. The average molecular weight is 370 g/mol. The molecule has 0 radical (unpaired) electrons. The van der Waals surface area contributed by atoms with Crippen LogP contribution in [0.15, 0.2) is 42.5 Å². The zero-order chi connectivity index (χ0) is 18.6. The average Bonchev–Trinajstić information content (AvgIpc) is 2.55. The number of alkyl halides is 3. The van der Waals surface area contributed by atoms with Gasteiger partial charge in [-0.3, -0.25) is 4.79 Å². The first-order valence-corrected chi connectivity index (χ1v) is 7.34. The minimum Gasteiger partial charge on any atom is -0.482 e. The lowest BCUT2D eigenvalue weighted by Crippen LogP contribution is -2.18. The van der Waals surface area contributed by atoms with Gasteiger partial charge in [-0.05, 0) is 61.0 Å². The van der Waals surface area contributed by atoms with E-state index in [1.165, 1.54) is 31.2 Å². The van der Waals surface area contributed by atoms with Crippen LogP contribution in [0.25, 0.3) is 0 Å². The highest BCUT2D eigenvalue weighted by atomic mass is 35.5. The molecule has 0 aliphatic heterocycles. The van der Waals surface area contributed by atoms with Crippen LogP contribution in [0.5, 0.6) is 17.2 Å². The Kier molecular flexibility index (Phi) is 5.55. The van der Waals surface area contributed by atoms with Gasteiger partial charge in [0, 0.05) is 0 Å².